The van der Waals surface area contributed by atoms with Crippen LogP contribution in [0.1, 0.15) is 84.0 Å². The molecule has 0 bridgehead atoms. The number of nitrogen functional groups attached to an aromatic ring is 1. The number of rotatable bonds is 11. The largest absolute Gasteiger partial charge is 0.463 e. The number of nitrogens with zero attached hydrogens (tertiary/aromatic N) is 4. The summed E-state index contributed by atoms with van der Waals surface area (Å²) in [7, 11) is 0. The molecule has 0 radical (unpaired) electrons. The van der Waals surface area contributed by atoms with Crippen molar-refractivity contribution in [3.63, 3.8) is 0 Å². The number of nitrogens with one attached hydrogen (secondary N) is 1. The molecule has 8 nitrogen and oxygen atoms in total. The first-order valence-electron chi connectivity index (χ1n) is 12.8. The molecule has 4 rings (SSSR count). The maximum absolute atomic E-state index is 12.5. The molecule has 3 N–H and O–H groups in total. The fourth-order valence-electron chi connectivity index (χ4n) is 5.37. The van der Waals surface area contributed by atoms with E-state index in [2.05, 4.69) is 26.8 Å². The second-order valence-electron chi connectivity index (χ2n) is 9.64. The molecule has 2 fully saturated rings. The zero-order valence-electron chi connectivity index (χ0n) is 19.7. The standard InChI is InChI=1S/C24H40N6O2/c1-2-3-17-32-23-27-21(25)20-22(28-23)30(24(31)26-20)14-8-4-5-9-18-12-15-29(16-13-18)19-10-6-7-11-19/h18-19H,2-17H2,1H3,(H,26,31)(H2,25,27,28). The number of aryl methyl sites for hydroxylation is 1. The van der Waals surface area contributed by atoms with Crippen LogP contribution >= 0.6 is 0 Å². The molecule has 2 aromatic heterocycles. The van der Waals surface area contributed by atoms with Crippen LogP contribution < -0.4 is 16.2 Å². The van der Waals surface area contributed by atoms with Crippen LogP contribution in [0.4, 0.5) is 5.82 Å². The molecular formula is C24H40N6O2. The number of anilines is 1. The van der Waals surface area contributed by atoms with Gasteiger partial charge in [0.05, 0.1) is 6.61 Å². The molecule has 1 saturated carbocycles. The fourth-order valence-corrected chi connectivity index (χ4v) is 5.37. The zero-order chi connectivity index (χ0) is 22.3. The molecule has 0 amide bonds. The summed E-state index contributed by atoms with van der Waals surface area (Å²) in [6.45, 7) is 5.89. The Hall–Kier alpha value is -2.09. The molecule has 0 aromatic carbocycles. The predicted molar refractivity (Wildman–Crippen MR) is 128 cm³/mol. The first-order valence-corrected chi connectivity index (χ1v) is 12.8. The first kappa shape index (κ1) is 23.1. The monoisotopic (exact) mass is 444 g/mol. The van der Waals surface area contributed by atoms with Crippen LogP contribution in [0, 0.1) is 5.92 Å². The molecule has 3 heterocycles. The minimum Gasteiger partial charge on any atom is -0.463 e. The molecular weight excluding hydrogens is 404 g/mol. The van der Waals surface area contributed by atoms with Crippen molar-refractivity contribution in [2.24, 2.45) is 5.92 Å². The average molecular weight is 445 g/mol. The smallest absolute Gasteiger partial charge is 0.327 e. The van der Waals surface area contributed by atoms with Crippen molar-refractivity contribution in [3.05, 3.63) is 10.5 Å². The van der Waals surface area contributed by atoms with Gasteiger partial charge >= 0.3 is 11.7 Å². The Morgan fingerprint density at radius 3 is 2.59 bits per heavy atom. The lowest BCUT2D eigenvalue weighted by Gasteiger charge is -2.36. The van der Waals surface area contributed by atoms with Gasteiger partial charge in [0.2, 0.25) is 0 Å². The lowest BCUT2D eigenvalue weighted by Crippen LogP contribution is -2.40. The Kier molecular flexibility index (Phi) is 8.05. The molecule has 0 unspecified atom stereocenters. The quantitative estimate of drug-likeness (QED) is 0.506. The van der Waals surface area contributed by atoms with E-state index in [1.54, 1.807) is 4.57 Å². The third-order valence-electron chi connectivity index (χ3n) is 7.34. The third kappa shape index (κ3) is 5.63. The molecule has 32 heavy (non-hydrogen) atoms. The van der Waals surface area contributed by atoms with Crippen molar-refractivity contribution in [3.8, 4) is 6.01 Å². The molecule has 8 heteroatoms. The highest BCUT2D eigenvalue weighted by molar-refractivity contribution is 5.81. The first-order chi connectivity index (χ1) is 15.7. The number of ether oxygens (including phenoxy) is 1. The summed E-state index contributed by atoms with van der Waals surface area (Å²) in [5.74, 6) is 1.14. The van der Waals surface area contributed by atoms with Crippen molar-refractivity contribution in [2.45, 2.75) is 96.6 Å². The number of aromatic nitrogens is 4. The lowest BCUT2D eigenvalue weighted by molar-refractivity contribution is 0.129. The minimum absolute atomic E-state index is 0.175. The van der Waals surface area contributed by atoms with Crippen molar-refractivity contribution in [1.82, 2.24) is 24.4 Å². The third-order valence-corrected chi connectivity index (χ3v) is 7.34. The summed E-state index contributed by atoms with van der Waals surface area (Å²) in [4.78, 5) is 26.6. The summed E-state index contributed by atoms with van der Waals surface area (Å²) >= 11 is 0. The number of fused-ring (bicyclic) bond motifs is 1. The van der Waals surface area contributed by atoms with Gasteiger partial charge in [0.25, 0.3) is 0 Å². The molecule has 1 aliphatic heterocycles. The van der Waals surface area contributed by atoms with Gasteiger partial charge in [-0.1, -0.05) is 45.4 Å². The summed E-state index contributed by atoms with van der Waals surface area (Å²) in [5.41, 5.74) is 6.91. The SMILES string of the molecule is CCCCOc1nc(N)c2[nH]c(=O)n(CCCCCC3CCN(C4CCCC4)CC3)c2n1. The van der Waals surface area contributed by atoms with Crippen molar-refractivity contribution in [2.75, 3.05) is 25.4 Å². The number of unbranched alkanes of at least 4 members (excludes halogenated alkanes) is 3. The Morgan fingerprint density at radius 2 is 1.84 bits per heavy atom. The van der Waals surface area contributed by atoms with Gasteiger partial charge in [-0.3, -0.25) is 4.57 Å². The van der Waals surface area contributed by atoms with Gasteiger partial charge in [0.1, 0.15) is 5.52 Å². The van der Waals surface area contributed by atoms with E-state index in [0.29, 0.717) is 24.3 Å². The highest BCUT2D eigenvalue weighted by Gasteiger charge is 2.26. The molecule has 0 atom stereocenters. The van der Waals surface area contributed by atoms with E-state index in [9.17, 15) is 4.79 Å². The van der Waals surface area contributed by atoms with E-state index >= 15 is 0 Å². The minimum atomic E-state index is -0.175. The van der Waals surface area contributed by atoms with Crippen LogP contribution in [0.25, 0.3) is 11.2 Å². The van der Waals surface area contributed by atoms with Crippen LogP contribution in [-0.4, -0.2) is 50.2 Å². The highest BCUT2D eigenvalue weighted by atomic mass is 16.5. The topological polar surface area (TPSA) is 102 Å². The van der Waals surface area contributed by atoms with Crippen molar-refractivity contribution in [1.29, 1.82) is 0 Å². The summed E-state index contributed by atoms with van der Waals surface area (Å²) in [6, 6.07) is 1.13. The van der Waals surface area contributed by atoms with Crippen LogP contribution in [0.2, 0.25) is 0 Å². The van der Waals surface area contributed by atoms with E-state index in [4.69, 9.17) is 10.5 Å². The average Bonchev–Trinajstić information content (AvgIpc) is 3.43. The number of hydrogen-bond acceptors (Lipinski definition) is 6. The molecule has 2 aromatic rings. The maximum Gasteiger partial charge on any atom is 0.327 e. The normalized spacial score (nSPS) is 18.7. The molecule has 1 saturated heterocycles. The van der Waals surface area contributed by atoms with Gasteiger partial charge in [0.15, 0.2) is 11.5 Å². The summed E-state index contributed by atoms with van der Waals surface area (Å²) in [5, 5.41) is 0. The van der Waals surface area contributed by atoms with Crippen LogP contribution in [0.5, 0.6) is 6.01 Å². The van der Waals surface area contributed by atoms with Gasteiger partial charge in [-0.2, -0.15) is 9.97 Å². The number of imidazole rings is 1. The Bertz CT molecular complexity index is 909. The second kappa shape index (κ2) is 11.2. The number of hydrogen-bond donors (Lipinski definition) is 2. The maximum atomic E-state index is 12.5. The van der Waals surface area contributed by atoms with E-state index in [-0.39, 0.29) is 17.5 Å². The van der Waals surface area contributed by atoms with Crippen LogP contribution in [0.15, 0.2) is 4.79 Å². The van der Waals surface area contributed by atoms with E-state index in [1.165, 1.54) is 64.5 Å². The molecule has 178 valence electrons. The number of aromatic amines is 1. The van der Waals surface area contributed by atoms with Crippen molar-refractivity contribution < 1.29 is 4.74 Å². The van der Waals surface area contributed by atoms with Gasteiger partial charge in [0, 0.05) is 12.6 Å². The predicted octanol–water partition coefficient (Wildman–Crippen LogP) is 4.10. The second-order valence-corrected chi connectivity index (χ2v) is 9.64. The number of piperidine rings is 1. The molecule has 0 spiro atoms. The Morgan fingerprint density at radius 1 is 1.06 bits per heavy atom. The molecule has 1 aliphatic carbocycles. The van der Waals surface area contributed by atoms with Crippen LogP contribution in [-0.2, 0) is 6.54 Å². The highest BCUT2D eigenvalue weighted by Crippen LogP contribution is 2.29. The number of likely N-dealkylation sites (tertiary alicyclic amines) is 1. The summed E-state index contributed by atoms with van der Waals surface area (Å²) in [6.07, 6.45) is 15.0. The fraction of sp³-hybridized carbons (Fsp3) is 0.792. The van der Waals surface area contributed by atoms with Gasteiger partial charge in [-0.05, 0) is 57.5 Å². The van der Waals surface area contributed by atoms with Gasteiger partial charge in [-0.25, -0.2) is 4.79 Å². The lowest BCUT2D eigenvalue weighted by atomic mass is 9.90. The van der Waals surface area contributed by atoms with Crippen molar-refractivity contribution >= 4 is 17.0 Å². The number of nitrogens with two attached hydrogens (primary N) is 1. The summed E-state index contributed by atoms with van der Waals surface area (Å²) < 4.78 is 7.30. The van der Waals surface area contributed by atoms with E-state index < -0.39 is 0 Å². The van der Waals surface area contributed by atoms with E-state index in [0.717, 1.165) is 37.6 Å². The molecule has 2 aliphatic rings. The van der Waals surface area contributed by atoms with E-state index in [1.807, 2.05) is 0 Å². The van der Waals surface area contributed by atoms with Gasteiger partial charge < -0.3 is 20.4 Å². The zero-order valence-corrected chi connectivity index (χ0v) is 19.7. The van der Waals surface area contributed by atoms with Gasteiger partial charge in [-0.15, -0.1) is 0 Å². The Balaban J connectivity index is 1.23. The number of H-pyrrole nitrogens is 1. The Labute approximate surface area is 190 Å². The van der Waals surface area contributed by atoms with Crippen LogP contribution in [0.3, 0.4) is 0 Å².